The van der Waals surface area contributed by atoms with Gasteiger partial charge in [0.1, 0.15) is 11.8 Å². The molecule has 168 valence electrons. The van der Waals surface area contributed by atoms with E-state index in [4.69, 9.17) is 4.74 Å². The van der Waals surface area contributed by atoms with Crippen molar-refractivity contribution in [2.75, 3.05) is 6.61 Å². The number of carbonyl (C=O) groups excluding carboxylic acids is 2. The topological polar surface area (TPSA) is 58.6 Å². The number of nitrogens with zero attached hydrogens (tertiary/aromatic N) is 1. The molecule has 0 aliphatic heterocycles. The zero-order valence-corrected chi connectivity index (χ0v) is 19.7. The number of hydrogen-bond acceptors (Lipinski definition) is 3. The van der Waals surface area contributed by atoms with Crippen LogP contribution in [0, 0.1) is 13.8 Å². The molecule has 2 aromatic rings. The molecular formula is C26H36N2O3. The monoisotopic (exact) mass is 424 g/mol. The minimum absolute atomic E-state index is 0.0488. The molecule has 5 heteroatoms. The second-order valence-corrected chi connectivity index (χ2v) is 9.13. The fourth-order valence-corrected chi connectivity index (χ4v) is 3.22. The Hall–Kier alpha value is -2.82. The van der Waals surface area contributed by atoms with Gasteiger partial charge in [-0.05, 0) is 71.2 Å². The number of benzene rings is 2. The average Bonchev–Trinajstić information content (AvgIpc) is 2.70. The fourth-order valence-electron chi connectivity index (χ4n) is 3.22. The summed E-state index contributed by atoms with van der Waals surface area (Å²) >= 11 is 0. The van der Waals surface area contributed by atoms with Crippen LogP contribution in [0.4, 0.5) is 0 Å². The molecule has 1 atom stereocenters. The van der Waals surface area contributed by atoms with E-state index in [0.717, 1.165) is 16.9 Å². The highest BCUT2D eigenvalue weighted by Gasteiger charge is 2.28. The number of aryl methyl sites for hydroxylation is 2. The van der Waals surface area contributed by atoms with Gasteiger partial charge in [0.05, 0.1) is 6.61 Å². The quantitative estimate of drug-likeness (QED) is 0.589. The van der Waals surface area contributed by atoms with E-state index in [9.17, 15) is 9.59 Å². The summed E-state index contributed by atoms with van der Waals surface area (Å²) in [4.78, 5) is 27.6. The van der Waals surface area contributed by atoms with Crippen LogP contribution in [0.2, 0.25) is 0 Å². The molecule has 2 rings (SSSR count). The van der Waals surface area contributed by atoms with E-state index < -0.39 is 6.04 Å². The summed E-state index contributed by atoms with van der Waals surface area (Å²) in [7, 11) is 0. The lowest BCUT2D eigenvalue weighted by Gasteiger charge is -2.32. The predicted octanol–water partition coefficient (Wildman–Crippen LogP) is 4.79. The predicted molar refractivity (Wildman–Crippen MR) is 125 cm³/mol. The molecule has 0 saturated heterocycles. The molecule has 0 aliphatic carbocycles. The highest BCUT2D eigenvalue weighted by Crippen LogP contribution is 2.16. The summed E-state index contributed by atoms with van der Waals surface area (Å²) in [5, 5.41) is 2.99. The van der Waals surface area contributed by atoms with Gasteiger partial charge in [0, 0.05) is 18.5 Å². The highest BCUT2D eigenvalue weighted by atomic mass is 16.5. The SMILES string of the molecule is Cc1ccc(OCCCC(=O)N(Cc2ccccc2C)[C@H](C)C(=O)NC(C)(C)C)cc1. The van der Waals surface area contributed by atoms with Crippen LogP contribution in [0.3, 0.4) is 0 Å². The van der Waals surface area contributed by atoms with Gasteiger partial charge in [0.2, 0.25) is 11.8 Å². The van der Waals surface area contributed by atoms with E-state index in [1.165, 1.54) is 5.56 Å². The standard InChI is InChI=1S/C26H36N2O3/c1-19-13-15-23(16-14-19)31-17-9-12-24(29)28(18-22-11-8-7-10-20(22)2)21(3)25(30)27-26(4,5)6/h7-8,10-11,13-16,21H,9,12,17-18H2,1-6H3,(H,27,30)/t21-/m1/s1. The summed E-state index contributed by atoms with van der Waals surface area (Å²) in [5.41, 5.74) is 2.97. The summed E-state index contributed by atoms with van der Waals surface area (Å²) in [5.74, 6) is 0.602. The van der Waals surface area contributed by atoms with Crippen LogP contribution in [-0.2, 0) is 16.1 Å². The van der Waals surface area contributed by atoms with Gasteiger partial charge in [-0.15, -0.1) is 0 Å². The Morgan fingerprint density at radius 3 is 2.29 bits per heavy atom. The maximum atomic E-state index is 13.1. The second kappa shape index (κ2) is 11.0. The first-order chi connectivity index (χ1) is 14.6. The number of rotatable bonds is 9. The molecule has 2 amide bonds. The Morgan fingerprint density at radius 2 is 1.68 bits per heavy atom. The van der Waals surface area contributed by atoms with E-state index >= 15 is 0 Å². The van der Waals surface area contributed by atoms with Gasteiger partial charge >= 0.3 is 0 Å². The lowest BCUT2D eigenvalue weighted by atomic mass is 10.1. The van der Waals surface area contributed by atoms with Gasteiger partial charge < -0.3 is 15.0 Å². The molecule has 0 fully saturated rings. The van der Waals surface area contributed by atoms with Gasteiger partial charge in [0.25, 0.3) is 0 Å². The molecule has 0 bridgehead atoms. The van der Waals surface area contributed by atoms with E-state index in [2.05, 4.69) is 5.32 Å². The third kappa shape index (κ3) is 8.08. The van der Waals surface area contributed by atoms with Crippen LogP contribution < -0.4 is 10.1 Å². The van der Waals surface area contributed by atoms with Gasteiger partial charge in [-0.25, -0.2) is 0 Å². The maximum Gasteiger partial charge on any atom is 0.242 e. The molecule has 0 radical (unpaired) electrons. The number of ether oxygens (including phenoxy) is 1. The van der Waals surface area contributed by atoms with Crippen LogP contribution in [0.25, 0.3) is 0 Å². The molecule has 5 nitrogen and oxygen atoms in total. The Bertz CT molecular complexity index is 869. The van der Waals surface area contributed by atoms with Crippen LogP contribution in [0.1, 0.15) is 57.2 Å². The van der Waals surface area contributed by atoms with Gasteiger partial charge in [-0.3, -0.25) is 9.59 Å². The highest BCUT2D eigenvalue weighted by molar-refractivity contribution is 5.87. The molecule has 0 spiro atoms. The van der Waals surface area contributed by atoms with Crippen molar-refractivity contribution in [3.63, 3.8) is 0 Å². The maximum absolute atomic E-state index is 13.1. The Balaban J connectivity index is 2.03. The van der Waals surface area contributed by atoms with Crippen molar-refractivity contribution in [2.45, 2.75) is 72.5 Å². The fraction of sp³-hybridized carbons (Fsp3) is 0.462. The molecular weight excluding hydrogens is 388 g/mol. The normalized spacial score (nSPS) is 12.2. The van der Waals surface area contributed by atoms with E-state index in [-0.39, 0.29) is 17.4 Å². The van der Waals surface area contributed by atoms with E-state index in [1.807, 2.05) is 83.1 Å². The van der Waals surface area contributed by atoms with Gasteiger partial charge in [-0.2, -0.15) is 0 Å². The Morgan fingerprint density at radius 1 is 1.03 bits per heavy atom. The summed E-state index contributed by atoms with van der Waals surface area (Å²) in [6.07, 6.45) is 0.912. The first kappa shape index (κ1) is 24.4. The third-order valence-electron chi connectivity index (χ3n) is 5.09. The molecule has 0 heterocycles. The molecule has 0 aromatic heterocycles. The van der Waals surface area contributed by atoms with Crippen molar-refractivity contribution < 1.29 is 14.3 Å². The zero-order chi connectivity index (χ0) is 23.0. The first-order valence-electron chi connectivity index (χ1n) is 10.9. The number of nitrogens with one attached hydrogen (secondary N) is 1. The Kier molecular flexibility index (Phi) is 8.66. The molecule has 0 aliphatic rings. The summed E-state index contributed by atoms with van der Waals surface area (Å²) in [6, 6.07) is 15.3. The average molecular weight is 425 g/mol. The molecule has 0 saturated carbocycles. The summed E-state index contributed by atoms with van der Waals surface area (Å²) in [6.45, 7) is 12.5. The van der Waals surface area contributed by atoms with Crippen molar-refractivity contribution in [3.05, 3.63) is 65.2 Å². The largest absolute Gasteiger partial charge is 0.494 e. The lowest BCUT2D eigenvalue weighted by Crippen LogP contribution is -2.52. The lowest BCUT2D eigenvalue weighted by molar-refractivity contribution is -0.141. The molecule has 0 unspecified atom stereocenters. The third-order valence-corrected chi connectivity index (χ3v) is 5.09. The first-order valence-corrected chi connectivity index (χ1v) is 10.9. The smallest absolute Gasteiger partial charge is 0.242 e. The minimum Gasteiger partial charge on any atom is -0.494 e. The van der Waals surface area contributed by atoms with Crippen molar-refractivity contribution in [1.29, 1.82) is 0 Å². The van der Waals surface area contributed by atoms with Gasteiger partial charge in [-0.1, -0.05) is 42.0 Å². The van der Waals surface area contributed by atoms with Crippen molar-refractivity contribution >= 4 is 11.8 Å². The number of carbonyl (C=O) groups is 2. The van der Waals surface area contributed by atoms with E-state index in [0.29, 0.717) is 26.0 Å². The van der Waals surface area contributed by atoms with Gasteiger partial charge in [0.15, 0.2) is 0 Å². The van der Waals surface area contributed by atoms with Crippen LogP contribution in [-0.4, -0.2) is 34.9 Å². The molecule has 31 heavy (non-hydrogen) atoms. The van der Waals surface area contributed by atoms with Crippen LogP contribution in [0.5, 0.6) is 5.75 Å². The second-order valence-electron chi connectivity index (χ2n) is 9.13. The minimum atomic E-state index is -0.565. The van der Waals surface area contributed by atoms with Crippen LogP contribution in [0.15, 0.2) is 48.5 Å². The zero-order valence-electron chi connectivity index (χ0n) is 19.7. The summed E-state index contributed by atoms with van der Waals surface area (Å²) < 4.78 is 5.75. The van der Waals surface area contributed by atoms with Crippen LogP contribution >= 0.6 is 0 Å². The van der Waals surface area contributed by atoms with Crippen molar-refractivity contribution in [1.82, 2.24) is 10.2 Å². The van der Waals surface area contributed by atoms with Crippen molar-refractivity contribution in [3.8, 4) is 5.75 Å². The van der Waals surface area contributed by atoms with Crippen molar-refractivity contribution in [2.24, 2.45) is 0 Å². The van der Waals surface area contributed by atoms with E-state index in [1.54, 1.807) is 11.8 Å². The number of hydrogen-bond donors (Lipinski definition) is 1. The Labute approximate surface area is 186 Å². The molecule has 1 N–H and O–H groups in total. The number of amides is 2. The molecule has 2 aromatic carbocycles.